The SMILES string of the molecule is CC.CC1=CCN(CCO)CC1. The van der Waals surface area contributed by atoms with Crippen LogP contribution >= 0.6 is 0 Å². The highest BCUT2D eigenvalue weighted by atomic mass is 16.3. The second kappa shape index (κ2) is 7.32. The molecule has 0 radical (unpaired) electrons. The van der Waals surface area contributed by atoms with Gasteiger partial charge in [0.15, 0.2) is 0 Å². The van der Waals surface area contributed by atoms with Gasteiger partial charge < -0.3 is 5.11 Å². The summed E-state index contributed by atoms with van der Waals surface area (Å²) in [7, 11) is 0. The van der Waals surface area contributed by atoms with Gasteiger partial charge in [0, 0.05) is 19.6 Å². The fourth-order valence-corrected chi connectivity index (χ4v) is 1.16. The van der Waals surface area contributed by atoms with Crippen molar-refractivity contribution in [2.45, 2.75) is 27.2 Å². The van der Waals surface area contributed by atoms with Crippen LogP contribution in [0, 0.1) is 0 Å². The fraction of sp³-hybridized carbons (Fsp3) is 0.800. The van der Waals surface area contributed by atoms with Crippen molar-refractivity contribution in [3.8, 4) is 0 Å². The van der Waals surface area contributed by atoms with E-state index in [9.17, 15) is 0 Å². The summed E-state index contributed by atoms with van der Waals surface area (Å²) in [5, 5.41) is 8.62. The molecule has 1 aliphatic rings. The molecule has 0 fully saturated rings. The summed E-state index contributed by atoms with van der Waals surface area (Å²) >= 11 is 0. The van der Waals surface area contributed by atoms with Crippen molar-refractivity contribution < 1.29 is 5.11 Å². The Kier molecular flexibility index (Phi) is 7.11. The molecule has 0 saturated carbocycles. The first-order chi connectivity index (χ1) is 5.83. The van der Waals surface area contributed by atoms with E-state index >= 15 is 0 Å². The first kappa shape index (κ1) is 11.7. The van der Waals surface area contributed by atoms with E-state index in [0.29, 0.717) is 0 Å². The Morgan fingerprint density at radius 1 is 1.50 bits per heavy atom. The standard InChI is InChI=1S/C8H15NO.C2H6/c1-8-2-4-9(5-3-8)6-7-10;1-2/h2,10H,3-7H2,1H3;1-2H3. The lowest BCUT2D eigenvalue weighted by molar-refractivity contribution is 0.205. The number of aliphatic hydroxyl groups is 1. The number of nitrogens with zero attached hydrogens (tertiary/aromatic N) is 1. The number of β-amino-alcohol motifs (C(OH)–C–C–N with tert-alkyl or cyclic N) is 1. The summed E-state index contributed by atoms with van der Waals surface area (Å²) in [5.74, 6) is 0. The van der Waals surface area contributed by atoms with E-state index in [-0.39, 0.29) is 6.61 Å². The average Bonchev–Trinajstić information content (AvgIpc) is 2.13. The molecule has 0 aromatic rings. The smallest absolute Gasteiger partial charge is 0.0558 e. The third-order valence-electron chi connectivity index (χ3n) is 1.94. The van der Waals surface area contributed by atoms with Crippen LogP contribution in [0.2, 0.25) is 0 Å². The Hall–Kier alpha value is -0.340. The van der Waals surface area contributed by atoms with Gasteiger partial charge in [-0.05, 0) is 13.3 Å². The summed E-state index contributed by atoms with van der Waals surface area (Å²) in [5.41, 5.74) is 1.48. The molecule has 0 aromatic heterocycles. The van der Waals surface area contributed by atoms with E-state index in [4.69, 9.17) is 5.11 Å². The van der Waals surface area contributed by atoms with E-state index in [2.05, 4.69) is 17.9 Å². The van der Waals surface area contributed by atoms with E-state index in [1.54, 1.807) is 0 Å². The predicted molar refractivity (Wildman–Crippen MR) is 53.2 cm³/mol. The first-order valence-electron chi connectivity index (χ1n) is 4.82. The molecular weight excluding hydrogens is 150 g/mol. The summed E-state index contributed by atoms with van der Waals surface area (Å²) in [4.78, 5) is 2.26. The number of aliphatic hydroxyl groups excluding tert-OH is 1. The molecule has 0 aliphatic carbocycles. The van der Waals surface area contributed by atoms with Crippen molar-refractivity contribution >= 4 is 0 Å². The minimum Gasteiger partial charge on any atom is -0.395 e. The van der Waals surface area contributed by atoms with E-state index < -0.39 is 0 Å². The molecule has 1 rings (SSSR count). The lowest BCUT2D eigenvalue weighted by atomic mass is 10.1. The molecule has 0 amide bonds. The van der Waals surface area contributed by atoms with Gasteiger partial charge in [0.25, 0.3) is 0 Å². The number of rotatable bonds is 2. The lowest BCUT2D eigenvalue weighted by Gasteiger charge is -2.23. The molecular formula is C10H21NO. The summed E-state index contributed by atoms with van der Waals surface area (Å²) in [6.07, 6.45) is 3.40. The molecule has 72 valence electrons. The van der Waals surface area contributed by atoms with Crippen LogP contribution in [0.15, 0.2) is 11.6 Å². The zero-order chi connectivity index (χ0) is 9.40. The van der Waals surface area contributed by atoms with E-state index in [1.807, 2.05) is 13.8 Å². The normalized spacial score (nSPS) is 17.8. The van der Waals surface area contributed by atoms with E-state index in [1.165, 1.54) is 12.0 Å². The Balaban J connectivity index is 0.000000561. The maximum Gasteiger partial charge on any atom is 0.0558 e. The Labute approximate surface area is 75.9 Å². The third-order valence-corrected chi connectivity index (χ3v) is 1.94. The van der Waals surface area contributed by atoms with Gasteiger partial charge >= 0.3 is 0 Å². The fourth-order valence-electron chi connectivity index (χ4n) is 1.16. The quantitative estimate of drug-likeness (QED) is 0.639. The predicted octanol–water partition coefficient (Wildman–Crippen LogP) is 1.66. The van der Waals surface area contributed by atoms with Gasteiger partial charge in [-0.1, -0.05) is 25.5 Å². The van der Waals surface area contributed by atoms with Gasteiger partial charge in [-0.15, -0.1) is 0 Å². The van der Waals surface area contributed by atoms with Crippen LogP contribution in [0.1, 0.15) is 27.2 Å². The first-order valence-corrected chi connectivity index (χ1v) is 4.82. The molecule has 12 heavy (non-hydrogen) atoms. The molecule has 0 spiro atoms. The number of hydrogen-bond acceptors (Lipinski definition) is 2. The molecule has 1 heterocycles. The van der Waals surface area contributed by atoms with Crippen molar-refractivity contribution in [3.63, 3.8) is 0 Å². The third kappa shape index (κ3) is 4.52. The Morgan fingerprint density at radius 3 is 2.58 bits per heavy atom. The molecule has 0 atom stereocenters. The topological polar surface area (TPSA) is 23.5 Å². The lowest BCUT2D eigenvalue weighted by Crippen LogP contribution is -2.30. The maximum atomic E-state index is 8.62. The van der Waals surface area contributed by atoms with Gasteiger partial charge in [-0.3, -0.25) is 4.90 Å². The maximum absolute atomic E-state index is 8.62. The van der Waals surface area contributed by atoms with Gasteiger partial charge in [0.2, 0.25) is 0 Å². The Bertz CT molecular complexity index is 132. The van der Waals surface area contributed by atoms with Crippen LogP contribution in [0.25, 0.3) is 0 Å². The second-order valence-electron chi connectivity index (χ2n) is 2.82. The highest BCUT2D eigenvalue weighted by Gasteiger charge is 2.06. The van der Waals surface area contributed by atoms with Crippen molar-refractivity contribution in [2.24, 2.45) is 0 Å². The molecule has 0 saturated heterocycles. The van der Waals surface area contributed by atoms with Gasteiger partial charge in [-0.25, -0.2) is 0 Å². The van der Waals surface area contributed by atoms with Crippen molar-refractivity contribution in [2.75, 3.05) is 26.2 Å². The van der Waals surface area contributed by atoms with Gasteiger partial charge in [0.05, 0.1) is 6.61 Å². The molecule has 0 unspecified atom stereocenters. The van der Waals surface area contributed by atoms with Crippen LogP contribution in [-0.4, -0.2) is 36.2 Å². The minimum absolute atomic E-state index is 0.285. The Morgan fingerprint density at radius 2 is 2.17 bits per heavy atom. The van der Waals surface area contributed by atoms with Gasteiger partial charge in [0.1, 0.15) is 0 Å². The van der Waals surface area contributed by atoms with Crippen LogP contribution < -0.4 is 0 Å². The zero-order valence-electron chi connectivity index (χ0n) is 8.51. The van der Waals surface area contributed by atoms with Gasteiger partial charge in [-0.2, -0.15) is 0 Å². The van der Waals surface area contributed by atoms with Crippen molar-refractivity contribution in [1.29, 1.82) is 0 Å². The zero-order valence-corrected chi connectivity index (χ0v) is 8.51. The van der Waals surface area contributed by atoms with Crippen LogP contribution in [0.4, 0.5) is 0 Å². The highest BCUT2D eigenvalue weighted by Crippen LogP contribution is 2.08. The highest BCUT2D eigenvalue weighted by molar-refractivity contribution is 5.03. The van der Waals surface area contributed by atoms with Crippen LogP contribution in [-0.2, 0) is 0 Å². The average molecular weight is 171 g/mol. The summed E-state index contributed by atoms with van der Waals surface area (Å²) < 4.78 is 0. The summed E-state index contributed by atoms with van der Waals surface area (Å²) in [6, 6.07) is 0. The van der Waals surface area contributed by atoms with Crippen LogP contribution in [0.5, 0.6) is 0 Å². The molecule has 0 aromatic carbocycles. The molecule has 2 nitrogen and oxygen atoms in total. The monoisotopic (exact) mass is 171 g/mol. The largest absolute Gasteiger partial charge is 0.395 e. The van der Waals surface area contributed by atoms with E-state index in [0.717, 1.165) is 19.6 Å². The minimum atomic E-state index is 0.285. The number of hydrogen-bond donors (Lipinski definition) is 1. The molecule has 0 bridgehead atoms. The molecule has 1 aliphatic heterocycles. The molecule has 1 N–H and O–H groups in total. The molecule has 2 heteroatoms. The van der Waals surface area contributed by atoms with Crippen LogP contribution in [0.3, 0.4) is 0 Å². The summed E-state index contributed by atoms with van der Waals surface area (Å²) in [6.45, 7) is 9.40. The second-order valence-corrected chi connectivity index (χ2v) is 2.82. The van der Waals surface area contributed by atoms with Crippen molar-refractivity contribution in [1.82, 2.24) is 4.90 Å². The van der Waals surface area contributed by atoms with Crippen molar-refractivity contribution in [3.05, 3.63) is 11.6 Å².